The average Bonchev–Trinajstić information content (AvgIpc) is 2.77. The van der Waals surface area contributed by atoms with E-state index in [9.17, 15) is 14.7 Å². The second kappa shape index (κ2) is 7.55. The fourth-order valence-corrected chi connectivity index (χ4v) is 3.73. The third-order valence-corrected chi connectivity index (χ3v) is 5.23. The number of methoxy groups -OCH3 is 2. The van der Waals surface area contributed by atoms with Gasteiger partial charge < -0.3 is 19.3 Å². The molecule has 0 amide bonds. The number of aldehydes is 1. The van der Waals surface area contributed by atoms with Gasteiger partial charge in [0.2, 0.25) is 0 Å². The molecule has 0 bridgehead atoms. The lowest BCUT2D eigenvalue weighted by molar-refractivity contribution is 0.0601. The number of phenolic OH excluding ortho intramolecular Hbond substituents is 1. The number of carbonyl (C=O) groups excluding carboxylic acids is 2. The molecule has 0 spiro atoms. The van der Waals surface area contributed by atoms with Crippen LogP contribution in [0.2, 0.25) is 0 Å². The van der Waals surface area contributed by atoms with E-state index in [4.69, 9.17) is 14.2 Å². The average molecular weight is 404 g/mol. The molecule has 0 fully saturated rings. The first-order valence-electron chi connectivity index (χ1n) is 9.32. The van der Waals surface area contributed by atoms with Crippen molar-refractivity contribution in [2.24, 2.45) is 0 Å². The fourth-order valence-electron chi connectivity index (χ4n) is 3.73. The summed E-state index contributed by atoms with van der Waals surface area (Å²) in [6.07, 6.45) is 0.629. The van der Waals surface area contributed by atoms with Crippen LogP contribution >= 0.6 is 0 Å². The second-order valence-electron chi connectivity index (χ2n) is 7.06. The number of aryl methyl sites for hydroxylation is 1. The molecule has 0 saturated carbocycles. The number of carbonyl (C=O) groups is 2. The van der Waals surface area contributed by atoms with E-state index in [1.807, 2.05) is 31.2 Å². The second-order valence-corrected chi connectivity index (χ2v) is 7.06. The molecule has 0 atom stereocenters. The maximum atomic E-state index is 12.7. The maximum Gasteiger partial charge on any atom is 0.338 e. The van der Waals surface area contributed by atoms with Crippen LogP contribution in [0.5, 0.6) is 17.2 Å². The Kier molecular flexibility index (Phi) is 4.91. The van der Waals surface area contributed by atoms with Gasteiger partial charge in [-0.05, 0) is 65.6 Å². The molecule has 152 valence electrons. The fraction of sp³-hybridized carbons (Fsp3) is 0.167. The summed E-state index contributed by atoms with van der Waals surface area (Å²) < 4.78 is 16.1. The molecule has 0 aromatic heterocycles. The summed E-state index contributed by atoms with van der Waals surface area (Å²) in [5, 5.41) is 10.1. The van der Waals surface area contributed by atoms with Crippen LogP contribution in [-0.2, 0) is 11.3 Å². The molecular weight excluding hydrogens is 384 g/mol. The largest absolute Gasteiger partial charge is 0.504 e. The molecule has 1 N–H and O–H groups in total. The molecule has 6 heteroatoms. The SMILES string of the molecule is COC(=O)c1cc2c(cc1-c1cc(OC)c(O)cc1C=O)COc1ccc(C)cc1-2. The molecule has 3 aromatic carbocycles. The van der Waals surface area contributed by atoms with E-state index in [2.05, 4.69) is 0 Å². The molecule has 3 aromatic rings. The lowest BCUT2D eigenvalue weighted by Crippen LogP contribution is -2.11. The highest BCUT2D eigenvalue weighted by molar-refractivity contribution is 6.02. The van der Waals surface area contributed by atoms with Gasteiger partial charge in [0.25, 0.3) is 0 Å². The normalized spacial score (nSPS) is 11.7. The molecule has 0 radical (unpaired) electrons. The van der Waals surface area contributed by atoms with Crippen LogP contribution in [0.4, 0.5) is 0 Å². The van der Waals surface area contributed by atoms with Crippen LogP contribution in [0.25, 0.3) is 22.3 Å². The van der Waals surface area contributed by atoms with Gasteiger partial charge in [-0.3, -0.25) is 4.79 Å². The van der Waals surface area contributed by atoms with Crippen molar-refractivity contribution in [2.75, 3.05) is 14.2 Å². The van der Waals surface area contributed by atoms with E-state index in [-0.39, 0.29) is 17.1 Å². The predicted octanol–water partition coefficient (Wildman–Crippen LogP) is 4.53. The molecule has 0 unspecified atom stereocenters. The molecule has 1 aliphatic heterocycles. The smallest absolute Gasteiger partial charge is 0.338 e. The molecule has 1 aliphatic rings. The zero-order chi connectivity index (χ0) is 21.4. The van der Waals surface area contributed by atoms with Crippen LogP contribution in [-0.4, -0.2) is 31.6 Å². The monoisotopic (exact) mass is 404 g/mol. The zero-order valence-electron chi connectivity index (χ0n) is 16.8. The van der Waals surface area contributed by atoms with Crippen LogP contribution in [0.3, 0.4) is 0 Å². The van der Waals surface area contributed by atoms with Crippen molar-refractivity contribution in [1.29, 1.82) is 0 Å². The van der Waals surface area contributed by atoms with E-state index in [1.54, 1.807) is 6.07 Å². The molecule has 6 nitrogen and oxygen atoms in total. The topological polar surface area (TPSA) is 82.1 Å². The number of aromatic hydroxyl groups is 1. The maximum absolute atomic E-state index is 12.7. The highest BCUT2D eigenvalue weighted by Crippen LogP contribution is 2.43. The summed E-state index contributed by atoms with van der Waals surface area (Å²) in [6.45, 7) is 2.31. The summed E-state index contributed by atoms with van der Waals surface area (Å²) >= 11 is 0. The first-order valence-corrected chi connectivity index (χ1v) is 9.32. The number of esters is 1. The molecule has 4 rings (SSSR count). The van der Waals surface area contributed by atoms with Gasteiger partial charge in [0.05, 0.1) is 19.8 Å². The summed E-state index contributed by atoms with van der Waals surface area (Å²) in [5.41, 5.74) is 5.21. The lowest BCUT2D eigenvalue weighted by atomic mass is 9.87. The van der Waals surface area contributed by atoms with E-state index in [0.717, 1.165) is 28.0 Å². The highest BCUT2D eigenvalue weighted by atomic mass is 16.5. The minimum atomic E-state index is -0.530. The first kappa shape index (κ1) is 19.5. The van der Waals surface area contributed by atoms with Gasteiger partial charge in [-0.2, -0.15) is 0 Å². The minimum Gasteiger partial charge on any atom is -0.504 e. The van der Waals surface area contributed by atoms with Gasteiger partial charge in [0, 0.05) is 11.1 Å². The molecule has 30 heavy (non-hydrogen) atoms. The van der Waals surface area contributed by atoms with Crippen molar-refractivity contribution in [3.63, 3.8) is 0 Å². The predicted molar refractivity (Wildman–Crippen MR) is 111 cm³/mol. The van der Waals surface area contributed by atoms with Gasteiger partial charge in [0.1, 0.15) is 12.4 Å². The summed E-state index contributed by atoms with van der Waals surface area (Å²) in [6, 6.07) is 12.3. The Morgan fingerprint density at radius 3 is 2.53 bits per heavy atom. The number of phenols is 1. The van der Waals surface area contributed by atoms with Crippen molar-refractivity contribution < 1.29 is 28.9 Å². The standard InChI is InChI=1S/C24H20O6/c1-13-4-5-22-19(6-13)16-9-20(24(27)29-3)18(7-15(16)12-30-22)17-10-23(28-2)21(26)8-14(17)11-25/h4-11,26H,12H2,1-3H3. The van der Waals surface area contributed by atoms with Crippen molar-refractivity contribution in [1.82, 2.24) is 0 Å². The zero-order valence-corrected chi connectivity index (χ0v) is 16.8. The Hall–Kier alpha value is -3.80. The Morgan fingerprint density at radius 1 is 1.03 bits per heavy atom. The van der Waals surface area contributed by atoms with Gasteiger partial charge in [-0.1, -0.05) is 11.6 Å². The van der Waals surface area contributed by atoms with E-state index in [1.165, 1.54) is 26.4 Å². The number of ether oxygens (including phenoxy) is 3. The number of hydrogen-bond acceptors (Lipinski definition) is 6. The molecule has 0 saturated heterocycles. The Balaban J connectivity index is 2.01. The van der Waals surface area contributed by atoms with Crippen molar-refractivity contribution in [3.05, 3.63) is 64.7 Å². The molecule has 1 heterocycles. The van der Waals surface area contributed by atoms with Crippen LogP contribution in [0, 0.1) is 6.92 Å². The van der Waals surface area contributed by atoms with Crippen molar-refractivity contribution >= 4 is 12.3 Å². The Labute approximate surface area is 173 Å². The lowest BCUT2D eigenvalue weighted by Gasteiger charge is -2.24. The van der Waals surface area contributed by atoms with Gasteiger partial charge in [-0.15, -0.1) is 0 Å². The quantitative estimate of drug-likeness (QED) is 0.508. The van der Waals surface area contributed by atoms with Crippen molar-refractivity contribution in [3.8, 4) is 39.5 Å². The number of hydrogen-bond donors (Lipinski definition) is 1. The van der Waals surface area contributed by atoms with Crippen LogP contribution in [0.15, 0.2) is 42.5 Å². The van der Waals surface area contributed by atoms with Gasteiger partial charge in [0.15, 0.2) is 17.8 Å². The van der Waals surface area contributed by atoms with Crippen LogP contribution < -0.4 is 9.47 Å². The Morgan fingerprint density at radius 2 is 1.83 bits per heavy atom. The van der Waals surface area contributed by atoms with Crippen LogP contribution in [0.1, 0.15) is 31.8 Å². The number of fused-ring (bicyclic) bond motifs is 3. The van der Waals surface area contributed by atoms with Crippen molar-refractivity contribution in [2.45, 2.75) is 13.5 Å². The third kappa shape index (κ3) is 3.16. The number of benzene rings is 3. The molecule has 0 aliphatic carbocycles. The molecular formula is C24H20O6. The third-order valence-electron chi connectivity index (χ3n) is 5.23. The highest BCUT2D eigenvalue weighted by Gasteiger charge is 2.25. The number of rotatable bonds is 4. The summed E-state index contributed by atoms with van der Waals surface area (Å²) in [4.78, 5) is 24.4. The summed E-state index contributed by atoms with van der Waals surface area (Å²) in [5.74, 6) is 0.254. The minimum absolute atomic E-state index is 0.159. The van der Waals surface area contributed by atoms with E-state index < -0.39 is 5.97 Å². The summed E-state index contributed by atoms with van der Waals surface area (Å²) in [7, 11) is 2.73. The van der Waals surface area contributed by atoms with E-state index >= 15 is 0 Å². The van der Waals surface area contributed by atoms with Gasteiger partial charge >= 0.3 is 5.97 Å². The van der Waals surface area contributed by atoms with E-state index in [0.29, 0.717) is 29.6 Å². The first-order chi connectivity index (χ1) is 14.5. The Bertz CT molecular complexity index is 1180. The van der Waals surface area contributed by atoms with Gasteiger partial charge in [-0.25, -0.2) is 4.79 Å².